The third-order valence-corrected chi connectivity index (χ3v) is 4.65. The van der Waals surface area contributed by atoms with Crippen molar-refractivity contribution < 1.29 is 9.53 Å². The Labute approximate surface area is 148 Å². The van der Waals surface area contributed by atoms with Gasteiger partial charge in [0.15, 0.2) is 10.8 Å². The Balaban J connectivity index is 1.89. The molecule has 3 rings (SSSR count). The molecule has 0 aliphatic heterocycles. The molecule has 3 heterocycles. The summed E-state index contributed by atoms with van der Waals surface area (Å²) in [5.41, 5.74) is 1.49. The fourth-order valence-corrected chi connectivity index (χ4v) is 3.43. The predicted molar refractivity (Wildman–Crippen MR) is 95.0 cm³/mol. The molecule has 0 saturated heterocycles. The van der Waals surface area contributed by atoms with E-state index in [-0.39, 0.29) is 11.6 Å². The number of nitrogens with zero attached hydrogens (tertiary/aromatic N) is 4. The first kappa shape index (κ1) is 17.2. The van der Waals surface area contributed by atoms with Crippen LogP contribution >= 0.6 is 11.8 Å². The van der Waals surface area contributed by atoms with Gasteiger partial charge in [0.2, 0.25) is 0 Å². The van der Waals surface area contributed by atoms with Crippen molar-refractivity contribution in [3.8, 4) is 0 Å². The van der Waals surface area contributed by atoms with Crippen LogP contribution < -0.4 is 5.56 Å². The SMILES string of the molecule is COC(=O)c1cccn2cc(CSc3nc(=O)ccn3C(C)C)nc12. The van der Waals surface area contributed by atoms with E-state index in [0.29, 0.717) is 22.1 Å². The standard InChI is InChI=1S/C17H18N4O3S/c1-11(2)21-8-6-14(22)19-17(21)25-10-12-9-20-7-4-5-13(15(20)18-12)16(23)24-3/h4-9,11H,10H2,1-3H3. The number of aromatic nitrogens is 4. The summed E-state index contributed by atoms with van der Waals surface area (Å²) in [5, 5.41) is 0.646. The van der Waals surface area contributed by atoms with Crippen LogP contribution in [-0.4, -0.2) is 32.0 Å². The van der Waals surface area contributed by atoms with Gasteiger partial charge < -0.3 is 13.7 Å². The molecular formula is C17H18N4O3S. The molecule has 3 aromatic heterocycles. The second-order valence-corrected chi connectivity index (χ2v) is 6.66. The van der Waals surface area contributed by atoms with Crippen molar-refractivity contribution in [3.05, 3.63) is 58.4 Å². The number of methoxy groups -OCH3 is 1. The molecular weight excluding hydrogens is 340 g/mol. The summed E-state index contributed by atoms with van der Waals surface area (Å²) in [7, 11) is 1.35. The van der Waals surface area contributed by atoms with Gasteiger partial charge in [0.05, 0.1) is 12.8 Å². The number of hydrogen-bond acceptors (Lipinski definition) is 6. The van der Waals surface area contributed by atoms with E-state index in [1.807, 2.05) is 30.8 Å². The normalized spacial score (nSPS) is 11.2. The fraction of sp³-hybridized carbons (Fsp3) is 0.294. The number of thioether (sulfide) groups is 1. The molecule has 0 N–H and O–H groups in total. The maximum Gasteiger partial charge on any atom is 0.341 e. The Morgan fingerprint density at radius 2 is 2.08 bits per heavy atom. The van der Waals surface area contributed by atoms with E-state index < -0.39 is 5.97 Å². The van der Waals surface area contributed by atoms with Crippen molar-refractivity contribution in [2.75, 3.05) is 7.11 Å². The van der Waals surface area contributed by atoms with E-state index in [2.05, 4.69) is 9.97 Å². The number of hydrogen-bond donors (Lipinski definition) is 0. The van der Waals surface area contributed by atoms with Crippen LogP contribution in [0.1, 0.15) is 35.9 Å². The fourth-order valence-electron chi connectivity index (χ4n) is 2.44. The maximum absolute atomic E-state index is 11.8. The summed E-state index contributed by atoms with van der Waals surface area (Å²) < 4.78 is 8.53. The molecule has 0 radical (unpaired) electrons. The van der Waals surface area contributed by atoms with Gasteiger partial charge in [0.25, 0.3) is 5.56 Å². The third kappa shape index (κ3) is 3.58. The highest BCUT2D eigenvalue weighted by molar-refractivity contribution is 7.98. The minimum absolute atomic E-state index is 0.197. The minimum atomic E-state index is -0.422. The lowest BCUT2D eigenvalue weighted by Gasteiger charge is -2.14. The van der Waals surface area contributed by atoms with Crippen molar-refractivity contribution in [2.24, 2.45) is 0 Å². The second kappa shape index (κ2) is 7.10. The van der Waals surface area contributed by atoms with Crippen LogP contribution in [0.25, 0.3) is 5.65 Å². The zero-order valence-electron chi connectivity index (χ0n) is 14.2. The molecule has 8 heteroatoms. The van der Waals surface area contributed by atoms with Gasteiger partial charge in [-0.1, -0.05) is 11.8 Å². The molecule has 0 spiro atoms. The van der Waals surface area contributed by atoms with Crippen LogP contribution in [0.5, 0.6) is 0 Å². The minimum Gasteiger partial charge on any atom is -0.465 e. The first-order valence-corrected chi connectivity index (χ1v) is 8.75. The highest BCUT2D eigenvalue weighted by Gasteiger charge is 2.14. The summed E-state index contributed by atoms with van der Waals surface area (Å²) in [6.07, 6.45) is 5.44. The van der Waals surface area contributed by atoms with Gasteiger partial charge in [-0.05, 0) is 26.0 Å². The lowest BCUT2D eigenvalue weighted by Crippen LogP contribution is -2.14. The van der Waals surface area contributed by atoms with Gasteiger partial charge in [-0.15, -0.1) is 0 Å². The van der Waals surface area contributed by atoms with E-state index in [4.69, 9.17) is 4.74 Å². The number of ether oxygens (including phenoxy) is 1. The molecule has 0 saturated carbocycles. The smallest absolute Gasteiger partial charge is 0.341 e. The average Bonchev–Trinajstić information content (AvgIpc) is 3.02. The van der Waals surface area contributed by atoms with Gasteiger partial charge in [0, 0.05) is 36.5 Å². The van der Waals surface area contributed by atoms with Gasteiger partial charge in [0.1, 0.15) is 5.56 Å². The first-order valence-electron chi connectivity index (χ1n) is 7.76. The molecule has 0 fully saturated rings. The lowest BCUT2D eigenvalue weighted by atomic mass is 10.3. The average molecular weight is 358 g/mol. The molecule has 0 amide bonds. The number of carbonyl (C=O) groups is 1. The summed E-state index contributed by atoms with van der Waals surface area (Å²) in [5.74, 6) is 0.111. The van der Waals surface area contributed by atoms with Crippen LogP contribution in [-0.2, 0) is 10.5 Å². The van der Waals surface area contributed by atoms with E-state index in [1.165, 1.54) is 24.9 Å². The maximum atomic E-state index is 11.8. The zero-order chi connectivity index (χ0) is 18.0. The van der Waals surface area contributed by atoms with E-state index >= 15 is 0 Å². The van der Waals surface area contributed by atoms with Crippen molar-refractivity contribution in [1.29, 1.82) is 0 Å². The second-order valence-electron chi connectivity index (χ2n) is 5.71. The van der Waals surface area contributed by atoms with Crippen molar-refractivity contribution >= 4 is 23.4 Å². The van der Waals surface area contributed by atoms with Gasteiger partial charge in [-0.2, -0.15) is 4.98 Å². The van der Waals surface area contributed by atoms with Crippen LogP contribution in [0.3, 0.4) is 0 Å². The van der Waals surface area contributed by atoms with Crippen LogP contribution in [0.2, 0.25) is 0 Å². The van der Waals surface area contributed by atoms with E-state index in [0.717, 1.165) is 5.69 Å². The lowest BCUT2D eigenvalue weighted by molar-refractivity contribution is 0.0602. The molecule has 7 nitrogen and oxygen atoms in total. The Hall–Kier alpha value is -2.61. The summed E-state index contributed by atoms with van der Waals surface area (Å²) in [6.45, 7) is 4.06. The van der Waals surface area contributed by atoms with Gasteiger partial charge in [-0.25, -0.2) is 9.78 Å². The molecule has 130 valence electrons. The number of imidazole rings is 1. The van der Waals surface area contributed by atoms with E-state index in [1.54, 1.807) is 22.7 Å². The molecule has 0 aliphatic rings. The molecule has 0 aliphatic carbocycles. The van der Waals surface area contributed by atoms with Gasteiger partial charge in [-0.3, -0.25) is 4.79 Å². The molecule has 0 atom stereocenters. The summed E-state index contributed by atoms with van der Waals surface area (Å²) >= 11 is 1.44. The topological polar surface area (TPSA) is 78.5 Å². The Bertz CT molecular complexity index is 977. The van der Waals surface area contributed by atoms with Crippen molar-refractivity contribution in [2.45, 2.75) is 30.8 Å². The molecule has 0 aromatic carbocycles. The number of carbonyl (C=O) groups excluding carboxylic acids is 1. The summed E-state index contributed by atoms with van der Waals surface area (Å²) in [6, 6.07) is 5.10. The van der Waals surface area contributed by atoms with Crippen LogP contribution in [0.4, 0.5) is 0 Å². The zero-order valence-corrected chi connectivity index (χ0v) is 15.0. The number of rotatable bonds is 5. The van der Waals surface area contributed by atoms with Crippen LogP contribution in [0.15, 0.2) is 46.7 Å². The number of pyridine rings is 1. The largest absolute Gasteiger partial charge is 0.465 e. The highest BCUT2D eigenvalue weighted by Crippen LogP contribution is 2.23. The van der Waals surface area contributed by atoms with Crippen molar-refractivity contribution in [3.63, 3.8) is 0 Å². The monoisotopic (exact) mass is 358 g/mol. The molecule has 3 aromatic rings. The first-order chi connectivity index (χ1) is 12.0. The molecule has 0 bridgehead atoms. The van der Waals surface area contributed by atoms with Gasteiger partial charge >= 0.3 is 5.97 Å². The van der Waals surface area contributed by atoms with Crippen molar-refractivity contribution in [1.82, 2.24) is 18.9 Å². The Morgan fingerprint density at radius 1 is 1.28 bits per heavy atom. The van der Waals surface area contributed by atoms with Crippen LogP contribution in [0, 0.1) is 0 Å². The van der Waals surface area contributed by atoms with E-state index in [9.17, 15) is 9.59 Å². The predicted octanol–water partition coefficient (Wildman–Crippen LogP) is 2.55. The Morgan fingerprint density at radius 3 is 2.80 bits per heavy atom. The number of fused-ring (bicyclic) bond motifs is 1. The molecule has 25 heavy (non-hydrogen) atoms. The molecule has 0 unspecified atom stereocenters. The Kier molecular flexibility index (Phi) is 4.89. The number of esters is 1. The highest BCUT2D eigenvalue weighted by atomic mass is 32.2. The third-order valence-electron chi connectivity index (χ3n) is 3.65. The summed E-state index contributed by atoms with van der Waals surface area (Å²) in [4.78, 5) is 32.0. The quantitative estimate of drug-likeness (QED) is 0.396.